The van der Waals surface area contributed by atoms with Crippen LogP contribution in [0.5, 0.6) is 5.75 Å². The smallest absolute Gasteiger partial charge is 0.255 e. The zero-order chi connectivity index (χ0) is 25.6. The van der Waals surface area contributed by atoms with Crippen LogP contribution in [0.1, 0.15) is 28.8 Å². The summed E-state index contributed by atoms with van der Waals surface area (Å²) in [7, 11) is 2.95. The molecule has 0 heterocycles. The van der Waals surface area contributed by atoms with Crippen LogP contribution in [0.4, 0.5) is 5.69 Å². The molecule has 0 aliphatic heterocycles. The van der Waals surface area contributed by atoms with E-state index in [1.807, 2.05) is 0 Å². The zero-order valence-corrected chi connectivity index (χ0v) is 20.6. The molecule has 1 aromatic rings. The Balaban J connectivity index is 2.09. The number of ketones is 2. The minimum absolute atomic E-state index is 0.187. The fourth-order valence-corrected chi connectivity index (χ4v) is 6.38. The van der Waals surface area contributed by atoms with E-state index in [4.69, 9.17) is 11.5 Å². The van der Waals surface area contributed by atoms with Gasteiger partial charge in [0.05, 0.1) is 27.2 Å². The fourth-order valence-electron chi connectivity index (χ4n) is 5.78. The number of anilines is 1. The number of benzene rings is 1. The number of halogens is 1. The second-order valence-electron chi connectivity index (χ2n) is 9.14. The number of likely N-dealkylation sites (N-methyl/N-ethyl adjacent to an activating group) is 1. The Labute approximate surface area is 207 Å². The molecule has 0 spiro atoms. The van der Waals surface area contributed by atoms with Gasteiger partial charge in [0.25, 0.3) is 5.91 Å². The van der Waals surface area contributed by atoms with E-state index in [1.165, 1.54) is 25.1 Å². The van der Waals surface area contributed by atoms with Crippen LogP contribution in [-0.4, -0.2) is 79.7 Å². The van der Waals surface area contributed by atoms with Crippen LogP contribution >= 0.6 is 22.6 Å². The molecule has 0 radical (unpaired) electrons. The zero-order valence-electron chi connectivity index (χ0n) is 18.4. The first-order valence-electron chi connectivity index (χ1n) is 10.3. The Bertz CT molecular complexity index is 1240. The number of aliphatic hydroxyl groups is 4. The highest BCUT2D eigenvalue weighted by atomic mass is 127. The lowest BCUT2D eigenvalue weighted by Gasteiger charge is -2.53. The predicted octanol–water partition coefficient (Wildman–Crippen LogP) is -0.161. The standard InChI is InChI=1S/C22H24IN3O8/c1-5-8-7(24)4-6(23)15(27)10(8)16(28)11-9(5)17(29)13-14(26(2)3)18(30)12(21(25)33)20(32)22(13,34)19(11)31/h4-5,9,13-14,17,27,29-31,34H,24H2,1-3H3,(H2,25,33)/t5-,9?,13?,14-,17-,22-/m0/s1. The summed E-state index contributed by atoms with van der Waals surface area (Å²) < 4.78 is 0.270. The van der Waals surface area contributed by atoms with E-state index in [2.05, 4.69) is 0 Å². The molecule has 4 rings (SSSR count). The van der Waals surface area contributed by atoms with E-state index in [-0.39, 0.29) is 26.1 Å². The quantitative estimate of drug-likeness (QED) is 0.106. The summed E-state index contributed by atoms with van der Waals surface area (Å²) in [4.78, 5) is 40.2. The van der Waals surface area contributed by atoms with Crippen molar-refractivity contribution in [1.29, 1.82) is 0 Å². The molecule has 6 atom stereocenters. The van der Waals surface area contributed by atoms with Crippen molar-refractivity contribution in [3.8, 4) is 5.75 Å². The monoisotopic (exact) mass is 585 g/mol. The van der Waals surface area contributed by atoms with Crippen LogP contribution in [0.25, 0.3) is 0 Å². The number of aliphatic hydroxyl groups excluding tert-OH is 3. The molecule has 12 heteroatoms. The molecule has 11 nitrogen and oxygen atoms in total. The van der Waals surface area contributed by atoms with E-state index in [0.717, 1.165) is 0 Å². The number of nitrogens with two attached hydrogens (primary N) is 2. The van der Waals surface area contributed by atoms with Gasteiger partial charge in [-0.1, -0.05) is 6.92 Å². The Morgan fingerprint density at radius 2 is 1.79 bits per heavy atom. The van der Waals surface area contributed by atoms with Crippen molar-refractivity contribution >= 4 is 45.8 Å². The number of aromatic hydroxyl groups is 1. The molecule has 1 amide bonds. The minimum Gasteiger partial charge on any atom is -0.510 e. The SMILES string of the molecule is C[C@H]1c2c(N)cc(I)c(O)c2C(=O)C2=C(O)[C@]3(O)C(=O)C(C(N)=O)=C(O)[C@@H](N(C)C)C3[C@@H](O)C21. The maximum absolute atomic E-state index is 13.6. The average molecular weight is 585 g/mol. The van der Waals surface area contributed by atoms with Gasteiger partial charge in [0, 0.05) is 17.2 Å². The van der Waals surface area contributed by atoms with Gasteiger partial charge >= 0.3 is 0 Å². The van der Waals surface area contributed by atoms with Crippen molar-refractivity contribution in [2.24, 2.45) is 17.6 Å². The maximum atomic E-state index is 13.6. The Morgan fingerprint density at radius 1 is 1.21 bits per heavy atom. The lowest BCUT2D eigenvalue weighted by Crippen LogP contribution is -2.68. The summed E-state index contributed by atoms with van der Waals surface area (Å²) >= 11 is 1.78. The molecule has 0 aromatic heterocycles. The molecule has 2 unspecified atom stereocenters. The first kappa shape index (κ1) is 24.4. The van der Waals surface area contributed by atoms with Crippen LogP contribution in [-0.2, 0) is 9.59 Å². The molecule has 1 aromatic carbocycles. The molecule has 0 bridgehead atoms. The van der Waals surface area contributed by atoms with Crippen LogP contribution in [0.15, 0.2) is 28.7 Å². The number of nitrogens with zero attached hydrogens (tertiary/aromatic N) is 1. The first-order chi connectivity index (χ1) is 15.7. The van der Waals surface area contributed by atoms with Gasteiger partial charge in [-0.15, -0.1) is 0 Å². The van der Waals surface area contributed by atoms with Crippen LogP contribution in [0.2, 0.25) is 0 Å². The average Bonchev–Trinajstić information content (AvgIpc) is 2.73. The van der Waals surface area contributed by atoms with Gasteiger partial charge in [-0.05, 0) is 54.2 Å². The molecule has 3 aliphatic carbocycles. The molecule has 182 valence electrons. The highest BCUT2D eigenvalue weighted by Gasteiger charge is 2.67. The maximum Gasteiger partial charge on any atom is 0.255 e. The number of phenolic OH excluding ortho intramolecular Hbond substituents is 1. The van der Waals surface area contributed by atoms with Gasteiger partial charge in [0.2, 0.25) is 5.78 Å². The highest BCUT2D eigenvalue weighted by molar-refractivity contribution is 14.1. The van der Waals surface area contributed by atoms with Crippen molar-refractivity contribution in [3.63, 3.8) is 0 Å². The number of rotatable bonds is 2. The molecular weight excluding hydrogens is 561 g/mol. The third-order valence-corrected chi connectivity index (χ3v) is 8.03. The Kier molecular flexibility index (Phi) is 5.51. The third-order valence-electron chi connectivity index (χ3n) is 7.21. The molecule has 9 N–H and O–H groups in total. The summed E-state index contributed by atoms with van der Waals surface area (Å²) in [6.45, 7) is 1.62. The lowest BCUT2D eigenvalue weighted by atomic mass is 9.55. The van der Waals surface area contributed by atoms with E-state index >= 15 is 0 Å². The number of nitrogen functional groups attached to an aromatic ring is 1. The molecule has 3 aliphatic rings. The summed E-state index contributed by atoms with van der Waals surface area (Å²) in [5, 5.41) is 55.7. The predicted molar refractivity (Wildman–Crippen MR) is 127 cm³/mol. The van der Waals surface area contributed by atoms with Gasteiger partial charge in [-0.3, -0.25) is 19.3 Å². The lowest BCUT2D eigenvalue weighted by molar-refractivity contribution is -0.162. The van der Waals surface area contributed by atoms with Crippen molar-refractivity contribution in [2.45, 2.75) is 30.6 Å². The van der Waals surface area contributed by atoms with Gasteiger partial charge < -0.3 is 37.0 Å². The topological polar surface area (TPSA) is 208 Å². The summed E-state index contributed by atoms with van der Waals surface area (Å²) in [6.07, 6.45) is -1.66. The first-order valence-corrected chi connectivity index (χ1v) is 11.4. The molecule has 0 saturated carbocycles. The van der Waals surface area contributed by atoms with Gasteiger partial charge in [-0.2, -0.15) is 0 Å². The number of primary amides is 1. The summed E-state index contributed by atoms with van der Waals surface area (Å²) in [5.74, 6) is -9.35. The van der Waals surface area contributed by atoms with Crippen molar-refractivity contribution in [3.05, 3.63) is 43.4 Å². The largest absolute Gasteiger partial charge is 0.510 e. The molecule has 0 fully saturated rings. The molecule has 0 saturated heterocycles. The normalized spacial score (nSPS) is 33.1. The number of carbonyl (C=O) groups is 3. The summed E-state index contributed by atoms with van der Waals surface area (Å²) in [5.41, 5.74) is 7.34. The number of Topliss-reactive ketones (excluding diaryl/α,β-unsaturated/α-hetero) is 2. The van der Waals surface area contributed by atoms with Gasteiger partial charge in [-0.25, -0.2) is 0 Å². The fraction of sp³-hybridized carbons (Fsp3) is 0.409. The Hall–Kier alpha value is -2.68. The van der Waals surface area contributed by atoms with Gasteiger partial charge in [0.1, 0.15) is 22.8 Å². The number of hydrogen-bond donors (Lipinski definition) is 7. The number of hydrogen-bond acceptors (Lipinski definition) is 10. The van der Waals surface area contributed by atoms with E-state index in [0.29, 0.717) is 0 Å². The van der Waals surface area contributed by atoms with E-state index < -0.39 is 75.6 Å². The molecular formula is C22H24IN3O8. The number of phenols is 1. The van der Waals surface area contributed by atoms with Crippen molar-refractivity contribution < 1.29 is 39.9 Å². The van der Waals surface area contributed by atoms with E-state index in [9.17, 15) is 39.9 Å². The van der Waals surface area contributed by atoms with Crippen LogP contribution in [0, 0.1) is 15.4 Å². The number of amides is 1. The van der Waals surface area contributed by atoms with Crippen LogP contribution in [0.3, 0.4) is 0 Å². The second-order valence-corrected chi connectivity index (χ2v) is 10.3. The van der Waals surface area contributed by atoms with E-state index in [1.54, 1.807) is 29.5 Å². The number of carbonyl (C=O) groups excluding carboxylic acids is 3. The van der Waals surface area contributed by atoms with Crippen molar-refractivity contribution in [2.75, 3.05) is 19.8 Å². The summed E-state index contributed by atoms with van der Waals surface area (Å²) in [6, 6.07) is 0.161. The molecule has 34 heavy (non-hydrogen) atoms. The Morgan fingerprint density at radius 3 is 2.32 bits per heavy atom. The minimum atomic E-state index is -2.94. The highest BCUT2D eigenvalue weighted by Crippen LogP contribution is 2.56. The number of fused-ring (bicyclic) bond motifs is 3. The van der Waals surface area contributed by atoms with Crippen molar-refractivity contribution in [1.82, 2.24) is 4.90 Å². The van der Waals surface area contributed by atoms with Crippen LogP contribution < -0.4 is 11.5 Å². The second kappa shape index (κ2) is 7.66. The van der Waals surface area contributed by atoms with Gasteiger partial charge in [0.15, 0.2) is 11.4 Å². The third kappa shape index (κ3) is 2.82.